The van der Waals surface area contributed by atoms with Gasteiger partial charge in [-0.3, -0.25) is 5.32 Å². The molecule has 2 heterocycles. The quantitative estimate of drug-likeness (QED) is 0.253. The fourth-order valence-electron chi connectivity index (χ4n) is 3.21. The van der Waals surface area contributed by atoms with Crippen molar-refractivity contribution >= 4 is 47.0 Å². The highest BCUT2D eigenvalue weighted by Gasteiger charge is 2.25. The SMILES string of the molecule is COc1cc(/C=C2/N=C(c3ccc(NC(=O)OC(C)(C)C)cc3)OC2=O)ccc1OC(=O)c1cccs1. The van der Waals surface area contributed by atoms with Crippen molar-refractivity contribution < 1.29 is 33.3 Å². The van der Waals surface area contributed by atoms with E-state index in [0.717, 1.165) is 0 Å². The largest absolute Gasteiger partial charge is 0.493 e. The zero-order valence-corrected chi connectivity index (χ0v) is 21.4. The topological polar surface area (TPSA) is 113 Å². The lowest BCUT2D eigenvalue weighted by Crippen LogP contribution is -2.27. The highest BCUT2D eigenvalue weighted by molar-refractivity contribution is 7.12. The lowest BCUT2D eigenvalue weighted by atomic mass is 10.1. The molecule has 0 radical (unpaired) electrons. The molecule has 0 unspecified atom stereocenters. The third-order valence-corrected chi connectivity index (χ3v) is 5.66. The maximum Gasteiger partial charge on any atom is 0.412 e. The molecular formula is C27H24N2O7S. The molecule has 4 rings (SSSR count). The molecule has 1 aliphatic heterocycles. The molecule has 0 fully saturated rings. The zero-order valence-electron chi connectivity index (χ0n) is 20.6. The van der Waals surface area contributed by atoms with Crippen LogP contribution in [-0.4, -0.2) is 36.6 Å². The van der Waals surface area contributed by atoms with E-state index in [1.165, 1.54) is 18.4 Å². The molecule has 37 heavy (non-hydrogen) atoms. The number of nitrogens with zero attached hydrogens (tertiary/aromatic N) is 1. The monoisotopic (exact) mass is 520 g/mol. The number of carbonyl (C=O) groups is 3. The Labute approximate surface area is 217 Å². The first kappa shape index (κ1) is 25.6. The molecule has 1 aliphatic rings. The Bertz CT molecular complexity index is 1390. The molecule has 0 saturated carbocycles. The van der Waals surface area contributed by atoms with E-state index in [9.17, 15) is 14.4 Å². The minimum absolute atomic E-state index is 0.0938. The Hall–Kier alpha value is -4.44. The van der Waals surface area contributed by atoms with Crippen molar-refractivity contribution in [2.45, 2.75) is 26.4 Å². The van der Waals surface area contributed by atoms with Crippen LogP contribution in [0.2, 0.25) is 0 Å². The maximum atomic E-state index is 12.4. The van der Waals surface area contributed by atoms with E-state index in [4.69, 9.17) is 18.9 Å². The number of aliphatic imine (C=N–C) groups is 1. The molecular weight excluding hydrogens is 496 g/mol. The molecule has 3 aromatic rings. The van der Waals surface area contributed by atoms with Gasteiger partial charge in [-0.15, -0.1) is 11.3 Å². The summed E-state index contributed by atoms with van der Waals surface area (Å²) in [6, 6.07) is 15.0. The smallest absolute Gasteiger partial charge is 0.412 e. The number of rotatable bonds is 6. The van der Waals surface area contributed by atoms with Crippen LogP contribution in [0, 0.1) is 0 Å². The molecule has 0 saturated heterocycles. The van der Waals surface area contributed by atoms with Crippen molar-refractivity contribution in [1.29, 1.82) is 0 Å². The average Bonchev–Trinajstić information content (AvgIpc) is 3.50. The first-order valence-electron chi connectivity index (χ1n) is 11.2. The Morgan fingerprint density at radius 2 is 1.81 bits per heavy atom. The number of ether oxygens (including phenoxy) is 4. The van der Waals surface area contributed by atoms with E-state index in [0.29, 0.717) is 27.4 Å². The van der Waals surface area contributed by atoms with E-state index in [1.54, 1.807) is 86.8 Å². The van der Waals surface area contributed by atoms with Gasteiger partial charge in [-0.2, -0.15) is 0 Å². The second-order valence-electron chi connectivity index (χ2n) is 8.82. The first-order valence-corrected chi connectivity index (χ1v) is 12.1. The van der Waals surface area contributed by atoms with Gasteiger partial charge in [0, 0.05) is 11.3 Å². The van der Waals surface area contributed by atoms with Crippen LogP contribution in [-0.2, 0) is 14.3 Å². The van der Waals surface area contributed by atoms with Crippen molar-refractivity contribution in [3.05, 3.63) is 81.7 Å². The highest BCUT2D eigenvalue weighted by Crippen LogP contribution is 2.31. The molecule has 1 amide bonds. The molecule has 0 aliphatic carbocycles. The van der Waals surface area contributed by atoms with E-state index < -0.39 is 23.6 Å². The predicted octanol–water partition coefficient (Wildman–Crippen LogP) is 5.67. The Morgan fingerprint density at radius 3 is 2.46 bits per heavy atom. The number of methoxy groups -OCH3 is 1. The molecule has 0 atom stereocenters. The van der Waals surface area contributed by atoms with E-state index >= 15 is 0 Å². The molecule has 0 spiro atoms. The van der Waals surface area contributed by atoms with Crippen LogP contribution in [0.1, 0.15) is 41.6 Å². The van der Waals surface area contributed by atoms with Gasteiger partial charge < -0.3 is 18.9 Å². The van der Waals surface area contributed by atoms with E-state index in [-0.39, 0.29) is 17.3 Å². The lowest BCUT2D eigenvalue weighted by Gasteiger charge is -2.19. The first-order chi connectivity index (χ1) is 17.6. The molecule has 10 heteroatoms. The number of anilines is 1. The van der Waals surface area contributed by atoms with Crippen LogP contribution in [0.5, 0.6) is 11.5 Å². The Kier molecular flexibility index (Phi) is 7.40. The lowest BCUT2D eigenvalue weighted by molar-refractivity contribution is -0.129. The summed E-state index contributed by atoms with van der Waals surface area (Å²) >= 11 is 1.28. The number of hydrogen-bond donors (Lipinski definition) is 1. The van der Waals surface area contributed by atoms with Gasteiger partial charge in [0.1, 0.15) is 10.5 Å². The van der Waals surface area contributed by atoms with Crippen LogP contribution >= 0.6 is 11.3 Å². The van der Waals surface area contributed by atoms with Crippen LogP contribution in [0.4, 0.5) is 10.5 Å². The van der Waals surface area contributed by atoms with Gasteiger partial charge in [0.2, 0.25) is 5.90 Å². The van der Waals surface area contributed by atoms with Crippen molar-refractivity contribution in [3.63, 3.8) is 0 Å². The molecule has 9 nitrogen and oxygen atoms in total. The van der Waals surface area contributed by atoms with Crippen LogP contribution < -0.4 is 14.8 Å². The standard InChI is InChI=1S/C27H24N2O7S/c1-27(2,3)36-26(32)28-18-10-8-17(9-11-18)23-29-19(24(30)35-23)14-16-7-12-20(21(15-16)33-4)34-25(31)22-6-5-13-37-22/h5-15H,1-4H3,(H,28,32)/b19-14+. The third-order valence-electron chi connectivity index (χ3n) is 4.81. The number of esters is 2. The number of hydrogen-bond acceptors (Lipinski definition) is 9. The van der Waals surface area contributed by atoms with Gasteiger partial charge in [-0.05, 0) is 80.3 Å². The van der Waals surface area contributed by atoms with Gasteiger partial charge in [-0.25, -0.2) is 19.4 Å². The van der Waals surface area contributed by atoms with Crippen molar-refractivity contribution in [3.8, 4) is 11.5 Å². The molecule has 190 valence electrons. The van der Waals surface area contributed by atoms with Crippen molar-refractivity contribution in [2.75, 3.05) is 12.4 Å². The van der Waals surface area contributed by atoms with Gasteiger partial charge in [0.05, 0.1) is 7.11 Å². The number of cyclic esters (lactones) is 1. The van der Waals surface area contributed by atoms with Crippen LogP contribution in [0.25, 0.3) is 6.08 Å². The minimum atomic E-state index is -0.613. The highest BCUT2D eigenvalue weighted by atomic mass is 32.1. The third kappa shape index (κ3) is 6.62. The molecule has 1 aromatic heterocycles. The number of nitrogens with one attached hydrogen (secondary N) is 1. The summed E-state index contributed by atoms with van der Waals surface area (Å²) in [6.07, 6.45) is 0.971. The van der Waals surface area contributed by atoms with Crippen LogP contribution in [0.15, 0.2) is 70.7 Å². The summed E-state index contributed by atoms with van der Waals surface area (Å²) in [5.74, 6) is -0.392. The number of benzene rings is 2. The fourth-order valence-corrected chi connectivity index (χ4v) is 3.81. The predicted molar refractivity (Wildman–Crippen MR) is 139 cm³/mol. The van der Waals surface area contributed by atoms with Crippen molar-refractivity contribution in [1.82, 2.24) is 0 Å². The summed E-state index contributed by atoms with van der Waals surface area (Å²) in [7, 11) is 1.45. The van der Waals surface area contributed by atoms with Crippen molar-refractivity contribution in [2.24, 2.45) is 4.99 Å². The Balaban J connectivity index is 1.47. The van der Waals surface area contributed by atoms with Gasteiger partial charge in [-0.1, -0.05) is 12.1 Å². The Morgan fingerprint density at radius 1 is 1.05 bits per heavy atom. The van der Waals surface area contributed by atoms with Gasteiger partial charge >= 0.3 is 18.0 Å². The summed E-state index contributed by atoms with van der Waals surface area (Å²) in [5.41, 5.74) is 1.15. The summed E-state index contributed by atoms with van der Waals surface area (Å²) in [5, 5.41) is 4.42. The van der Waals surface area contributed by atoms with Crippen LogP contribution in [0.3, 0.4) is 0 Å². The summed E-state index contributed by atoms with van der Waals surface area (Å²) < 4.78 is 21.3. The minimum Gasteiger partial charge on any atom is -0.493 e. The van der Waals surface area contributed by atoms with Gasteiger partial charge in [0.15, 0.2) is 17.2 Å². The summed E-state index contributed by atoms with van der Waals surface area (Å²) in [4.78, 5) is 41.4. The maximum absolute atomic E-state index is 12.4. The van der Waals surface area contributed by atoms with E-state index in [2.05, 4.69) is 10.3 Å². The molecule has 0 bridgehead atoms. The summed E-state index contributed by atoms with van der Waals surface area (Å²) in [6.45, 7) is 5.33. The van der Waals surface area contributed by atoms with E-state index in [1.807, 2.05) is 0 Å². The van der Waals surface area contributed by atoms with Gasteiger partial charge in [0.25, 0.3) is 0 Å². The second kappa shape index (κ2) is 10.7. The number of carbonyl (C=O) groups excluding carboxylic acids is 3. The number of amides is 1. The second-order valence-corrected chi connectivity index (χ2v) is 9.77. The molecule has 1 N–H and O–H groups in total. The zero-order chi connectivity index (χ0) is 26.6. The number of thiophene rings is 1. The normalized spacial score (nSPS) is 14.1. The molecule has 2 aromatic carbocycles. The fraction of sp³-hybridized carbons (Fsp3) is 0.185. The average molecular weight is 521 g/mol.